The fraction of sp³-hybridized carbons (Fsp3) is 1.00. The maximum absolute atomic E-state index is 5.88. The Hall–Kier alpha value is -0.0800. The first-order valence-electron chi connectivity index (χ1n) is 10.5. The van der Waals surface area contributed by atoms with E-state index in [-0.39, 0.29) is 0 Å². The van der Waals surface area contributed by atoms with Gasteiger partial charge in [0.25, 0.3) is 0 Å². The van der Waals surface area contributed by atoms with Gasteiger partial charge in [-0.05, 0) is 26.3 Å². The second-order valence-corrected chi connectivity index (χ2v) is 7.47. The lowest BCUT2D eigenvalue weighted by Crippen LogP contribution is -2.25. The number of hydrogen-bond acceptors (Lipinski definition) is 2. The molecule has 0 saturated carbocycles. The molecule has 0 aliphatic heterocycles. The highest BCUT2D eigenvalue weighted by molar-refractivity contribution is 4.55. The molecule has 0 heterocycles. The van der Waals surface area contributed by atoms with Crippen LogP contribution < -0.4 is 5.32 Å². The summed E-state index contributed by atoms with van der Waals surface area (Å²) in [6, 6.07) is 0.587. The monoisotopic (exact) mass is 327 g/mol. The fourth-order valence-corrected chi connectivity index (χ4v) is 2.93. The summed E-state index contributed by atoms with van der Waals surface area (Å²) in [7, 11) is 0. The van der Waals surface area contributed by atoms with Crippen LogP contribution in [0, 0.1) is 0 Å². The van der Waals surface area contributed by atoms with E-state index in [1.807, 2.05) is 0 Å². The minimum absolute atomic E-state index is 0.438. The predicted molar refractivity (Wildman–Crippen MR) is 104 cm³/mol. The van der Waals surface area contributed by atoms with Gasteiger partial charge in [-0.2, -0.15) is 0 Å². The smallest absolute Gasteiger partial charge is 0.0547 e. The molecule has 0 aliphatic rings. The first kappa shape index (κ1) is 22.9. The molecule has 0 spiro atoms. The molecule has 140 valence electrons. The molecule has 0 radical (unpaired) electrons. The maximum atomic E-state index is 5.88. The molecule has 0 amide bonds. The Balaban J connectivity index is 3.13. The SMILES string of the molecule is CCCCCCCCCCCCCC(C)OCCCNC(C)C. The second kappa shape index (κ2) is 18.3. The highest BCUT2D eigenvalue weighted by atomic mass is 16.5. The van der Waals surface area contributed by atoms with Crippen LogP contribution >= 0.6 is 0 Å². The molecule has 2 heteroatoms. The summed E-state index contributed by atoms with van der Waals surface area (Å²) >= 11 is 0. The van der Waals surface area contributed by atoms with Crippen molar-refractivity contribution in [2.24, 2.45) is 0 Å². The molecule has 23 heavy (non-hydrogen) atoms. The van der Waals surface area contributed by atoms with Gasteiger partial charge in [0, 0.05) is 12.6 Å². The average Bonchev–Trinajstić information content (AvgIpc) is 2.52. The van der Waals surface area contributed by atoms with E-state index in [2.05, 4.69) is 33.0 Å². The van der Waals surface area contributed by atoms with E-state index in [0.29, 0.717) is 12.1 Å². The van der Waals surface area contributed by atoms with E-state index < -0.39 is 0 Å². The summed E-state index contributed by atoms with van der Waals surface area (Å²) in [5.74, 6) is 0. The lowest BCUT2D eigenvalue weighted by molar-refractivity contribution is 0.0567. The van der Waals surface area contributed by atoms with Gasteiger partial charge in [0.05, 0.1) is 6.10 Å². The van der Waals surface area contributed by atoms with Crippen molar-refractivity contribution in [2.75, 3.05) is 13.2 Å². The van der Waals surface area contributed by atoms with Crippen LogP contribution in [0.2, 0.25) is 0 Å². The van der Waals surface area contributed by atoms with Crippen LogP contribution in [0.1, 0.15) is 111 Å². The lowest BCUT2D eigenvalue weighted by Gasteiger charge is -2.13. The largest absolute Gasteiger partial charge is 0.378 e. The van der Waals surface area contributed by atoms with Crippen LogP contribution in [-0.2, 0) is 4.74 Å². The summed E-state index contributed by atoms with van der Waals surface area (Å²) in [6.45, 7) is 10.9. The molecule has 0 aliphatic carbocycles. The van der Waals surface area contributed by atoms with Crippen molar-refractivity contribution in [3.63, 3.8) is 0 Å². The number of ether oxygens (including phenoxy) is 1. The van der Waals surface area contributed by atoms with Gasteiger partial charge in [-0.25, -0.2) is 0 Å². The molecule has 1 N–H and O–H groups in total. The third kappa shape index (κ3) is 19.9. The van der Waals surface area contributed by atoms with Crippen molar-refractivity contribution in [1.29, 1.82) is 0 Å². The zero-order chi connectivity index (χ0) is 17.2. The van der Waals surface area contributed by atoms with Crippen molar-refractivity contribution < 1.29 is 4.74 Å². The van der Waals surface area contributed by atoms with Gasteiger partial charge < -0.3 is 10.1 Å². The predicted octanol–water partition coefficient (Wildman–Crippen LogP) is 6.48. The molecule has 0 aromatic carbocycles. The van der Waals surface area contributed by atoms with Crippen molar-refractivity contribution in [2.45, 2.75) is 123 Å². The number of rotatable bonds is 18. The highest BCUT2D eigenvalue weighted by Gasteiger charge is 2.02. The molecule has 1 atom stereocenters. The van der Waals surface area contributed by atoms with E-state index in [1.54, 1.807) is 0 Å². The Kier molecular flexibility index (Phi) is 18.2. The van der Waals surface area contributed by atoms with Crippen LogP contribution in [0.3, 0.4) is 0 Å². The third-order valence-electron chi connectivity index (χ3n) is 4.49. The second-order valence-electron chi connectivity index (χ2n) is 7.47. The quantitative estimate of drug-likeness (QED) is 0.291. The van der Waals surface area contributed by atoms with Crippen molar-refractivity contribution in [3.8, 4) is 0 Å². The summed E-state index contributed by atoms with van der Waals surface area (Å²) in [6.07, 6.45) is 18.4. The van der Waals surface area contributed by atoms with Gasteiger partial charge in [-0.1, -0.05) is 91.4 Å². The molecular formula is C21H45NO. The van der Waals surface area contributed by atoms with Gasteiger partial charge in [0.2, 0.25) is 0 Å². The van der Waals surface area contributed by atoms with E-state index >= 15 is 0 Å². The summed E-state index contributed by atoms with van der Waals surface area (Å²) in [4.78, 5) is 0. The summed E-state index contributed by atoms with van der Waals surface area (Å²) < 4.78 is 5.88. The minimum atomic E-state index is 0.438. The maximum Gasteiger partial charge on any atom is 0.0547 e. The van der Waals surface area contributed by atoms with Crippen molar-refractivity contribution in [1.82, 2.24) is 5.32 Å². The Morgan fingerprint density at radius 1 is 0.696 bits per heavy atom. The minimum Gasteiger partial charge on any atom is -0.378 e. The molecule has 0 fully saturated rings. The van der Waals surface area contributed by atoms with Gasteiger partial charge >= 0.3 is 0 Å². The molecule has 0 saturated heterocycles. The number of hydrogen-bond donors (Lipinski definition) is 1. The molecule has 2 nitrogen and oxygen atoms in total. The standard InChI is InChI=1S/C21H45NO/c1-5-6-7-8-9-10-11-12-13-14-15-17-21(4)23-19-16-18-22-20(2)3/h20-22H,5-19H2,1-4H3. The zero-order valence-corrected chi connectivity index (χ0v) is 16.7. The topological polar surface area (TPSA) is 21.3 Å². The van der Waals surface area contributed by atoms with Crippen LogP contribution in [0.25, 0.3) is 0 Å². The molecule has 0 bridgehead atoms. The number of unbranched alkanes of at least 4 members (excludes halogenated alkanes) is 10. The van der Waals surface area contributed by atoms with Crippen LogP contribution in [0.4, 0.5) is 0 Å². The van der Waals surface area contributed by atoms with Crippen molar-refractivity contribution >= 4 is 0 Å². The first-order valence-corrected chi connectivity index (χ1v) is 10.5. The summed E-state index contributed by atoms with van der Waals surface area (Å²) in [5, 5.41) is 3.43. The highest BCUT2D eigenvalue weighted by Crippen LogP contribution is 2.13. The molecule has 0 aromatic heterocycles. The Morgan fingerprint density at radius 3 is 1.74 bits per heavy atom. The Bertz CT molecular complexity index is 218. The van der Waals surface area contributed by atoms with Crippen molar-refractivity contribution in [3.05, 3.63) is 0 Å². The van der Waals surface area contributed by atoms with Gasteiger partial charge in [0.15, 0.2) is 0 Å². The van der Waals surface area contributed by atoms with E-state index in [9.17, 15) is 0 Å². The molecular weight excluding hydrogens is 282 g/mol. The average molecular weight is 328 g/mol. The lowest BCUT2D eigenvalue weighted by atomic mass is 10.0. The number of nitrogens with one attached hydrogen (secondary N) is 1. The van der Waals surface area contributed by atoms with Gasteiger partial charge in [-0.15, -0.1) is 0 Å². The third-order valence-corrected chi connectivity index (χ3v) is 4.49. The van der Waals surface area contributed by atoms with Gasteiger partial charge in [-0.3, -0.25) is 0 Å². The Morgan fingerprint density at radius 2 is 1.22 bits per heavy atom. The Labute approximate surface area is 147 Å². The first-order chi connectivity index (χ1) is 11.2. The van der Waals surface area contributed by atoms with Crippen LogP contribution in [-0.4, -0.2) is 25.3 Å². The molecule has 0 aromatic rings. The fourth-order valence-electron chi connectivity index (χ4n) is 2.93. The van der Waals surface area contributed by atoms with Crippen LogP contribution in [0.15, 0.2) is 0 Å². The zero-order valence-electron chi connectivity index (χ0n) is 16.7. The van der Waals surface area contributed by atoms with Gasteiger partial charge in [0.1, 0.15) is 0 Å². The normalized spacial score (nSPS) is 12.9. The van der Waals surface area contributed by atoms with Crippen LogP contribution in [0.5, 0.6) is 0 Å². The molecule has 1 unspecified atom stereocenters. The summed E-state index contributed by atoms with van der Waals surface area (Å²) in [5.41, 5.74) is 0. The van der Waals surface area contributed by atoms with E-state index in [0.717, 1.165) is 19.6 Å². The molecule has 0 rings (SSSR count). The van der Waals surface area contributed by atoms with E-state index in [4.69, 9.17) is 4.74 Å². The van der Waals surface area contributed by atoms with E-state index in [1.165, 1.54) is 77.0 Å².